The molecular formula is C25H16Cl2FN3O. The third-order valence-electron chi connectivity index (χ3n) is 4.94. The molecule has 1 aromatic heterocycles. The van der Waals surface area contributed by atoms with Crippen LogP contribution in [-0.2, 0) is 11.3 Å². The van der Waals surface area contributed by atoms with Crippen molar-refractivity contribution in [1.29, 1.82) is 5.26 Å². The maximum absolute atomic E-state index is 13.9. The number of hydrogen-bond acceptors (Lipinski definition) is 2. The molecule has 0 aliphatic heterocycles. The number of anilines is 1. The van der Waals surface area contributed by atoms with E-state index in [2.05, 4.69) is 5.32 Å². The van der Waals surface area contributed by atoms with E-state index in [9.17, 15) is 14.4 Å². The van der Waals surface area contributed by atoms with Crippen LogP contribution in [0.25, 0.3) is 17.0 Å². The van der Waals surface area contributed by atoms with Crippen LogP contribution in [-0.4, -0.2) is 10.5 Å². The molecule has 4 aromatic rings. The summed E-state index contributed by atoms with van der Waals surface area (Å²) in [6.45, 7) is 0.522. The van der Waals surface area contributed by atoms with Crippen molar-refractivity contribution < 1.29 is 9.18 Å². The number of nitrogens with zero attached hydrogens (tertiary/aromatic N) is 2. The highest BCUT2D eigenvalue weighted by Gasteiger charge is 2.14. The Hall–Kier alpha value is -3.59. The average Bonchev–Trinajstić information content (AvgIpc) is 3.13. The van der Waals surface area contributed by atoms with Crippen molar-refractivity contribution in [2.45, 2.75) is 6.54 Å². The van der Waals surface area contributed by atoms with Crippen molar-refractivity contribution in [3.8, 4) is 6.07 Å². The van der Waals surface area contributed by atoms with Crippen molar-refractivity contribution in [1.82, 2.24) is 4.57 Å². The van der Waals surface area contributed by atoms with Crippen LogP contribution >= 0.6 is 23.2 Å². The second kappa shape index (κ2) is 9.27. The largest absolute Gasteiger partial charge is 0.342 e. The molecule has 3 aromatic carbocycles. The molecule has 4 nitrogen and oxygen atoms in total. The summed E-state index contributed by atoms with van der Waals surface area (Å²) in [5, 5.41) is 13.8. The van der Waals surface area contributed by atoms with E-state index in [0.717, 1.165) is 16.5 Å². The summed E-state index contributed by atoms with van der Waals surface area (Å²) in [4.78, 5) is 12.6. The molecule has 0 unspecified atom stereocenters. The van der Waals surface area contributed by atoms with E-state index >= 15 is 0 Å². The Morgan fingerprint density at radius 1 is 1.06 bits per heavy atom. The lowest BCUT2D eigenvalue weighted by Gasteiger charge is -2.06. The van der Waals surface area contributed by atoms with Crippen molar-refractivity contribution in [3.63, 3.8) is 0 Å². The number of para-hydroxylation sites is 2. The fourth-order valence-electron chi connectivity index (χ4n) is 3.41. The van der Waals surface area contributed by atoms with Crippen LogP contribution in [0.2, 0.25) is 10.0 Å². The number of nitrogens with one attached hydrogen (secondary N) is 1. The second-order valence-corrected chi connectivity index (χ2v) is 7.90. The van der Waals surface area contributed by atoms with Crippen molar-refractivity contribution in [2.24, 2.45) is 0 Å². The first-order valence-corrected chi connectivity index (χ1v) is 10.4. The summed E-state index contributed by atoms with van der Waals surface area (Å²) in [6, 6.07) is 20.8. The summed E-state index contributed by atoms with van der Waals surface area (Å²) < 4.78 is 15.9. The molecule has 0 saturated carbocycles. The van der Waals surface area contributed by atoms with E-state index in [4.69, 9.17) is 23.2 Å². The third-order valence-corrected chi connectivity index (χ3v) is 5.68. The van der Waals surface area contributed by atoms with Crippen molar-refractivity contribution in [2.75, 3.05) is 5.32 Å². The van der Waals surface area contributed by atoms with E-state index in [1.54, 1.807) is 18.2 Å². The molecule has 32 heavy (non-hydrogen) atoms. The Balaban J connectivity index is 1.69. The van der Waals surface area contributed by atoms with Crippen molar-refractivity contribution >= 4 is 51.8 Å². The Kier molecular flexibility index (Phi) is 6.27. The summed E-state index contributed by atoms with van der Waals surface area (Å²) in [5.74, 6) is -1.25. The first-order valence-electron chi connectivity index (χ1n) is 9.66. The normalized spacial score (nSPS) is 11.4. The highest BCUT2D eigenvalue weighted by molar-refractivity contribution is 6.42. The molecule has 4 rings (SSSR count). The van der Waals surface area contributed by atoms with Gasteiger partial charge in [-0.2, -0.15) is 5.26 Å². The third kappa shape index (κ3) is 4.52. The minimum Gasteiger partial charge on any atom is -0.342 e. The predicted molar refractivity (Wildman–Crippen MR) is 126 cm³/mol. The number of amides is 1. The molecule has 0 aliphatic carbocycles. The highest BCUT2D eigenvalue weighted by atomic mass is 35.5. The van der Waals surface area contributed by atoms with Crippen LogP contribution in [0.5, 0.6) is 0 Å². The first kappa shape index (κ1) is 21.6. The molecular weight excluding hydrogens is 448 g/mol. The lowest BCUT2D eigenvalue weighted by molar-refractivity contribution is -0.112. The minimum absolute atomic E-state index is 0.0145. The molecule has 0 fully saturated rings. The second-order valence-electron chi connectivity index (χ2n) is 7.08. The topological polar surface area (TPSA) is 57.8 Å². The van der Waals surface area contributed by atoms with Gasteiger partial charge in [0.15, 0.2) is 0 Å². The van der Waals surface area contributed by atoms with Crippen molar-refractivity contribution in [3.05, 3.63) is 105 Å². The van der Waals surface area contributed by atoms with Gasteiger partial charge in [0.05, 0.1) is 15.7 Å². The van der Waals surface area contributed by atoms with E-state index < -0.39 is 11.7 Å². The molecule has 1 N–H and O–H groups in total. The minimum atomic E-state index is -0.682. The molecule has 1 heterocycles. The Bertz CT molecular complexity index is 1400. The highest BCUT2D eigenvalue weighted by Crippen LogP contribution is 2.27. The van der Waals surface area contributed by atoms with Gasteiger partial charge in [-0.05, 0) is 42.0 Å². The number of nitriles is 1. The standard InChI is InChI=1S/C25H16Cl2FN3O/c26-20-10-9-16(11-21(20)27)14-31-15-18(19-5-1-4-8-24(19)31)12-17(13-29)25(32)30-23-7-3-2-6-22(23)28/h1-12,15H,14H2,(H,30,32)/b17-12+. The van der Waals surface area contributed by atoms with E-state index in [1.165, 1.54) is 24.3 Å². The van der Waals surface area contributed by atoms with Gasteiger partial charge in [0, 0.05) is 29.2 Å². The van der Waals surface area contributed by atoms with E-state index in [-0.39, 0.29) is 11.3 Å². The number of carbonyl (C=O) groups is 1. The van der Waals surface area contributed by atoms with E-state index in [1.807, 2.05) is 47.2 Å². The number of benzene rings is 3. The fraction of sp³-hybridized carbons (Fsp3) is 0.0400. The monoisotopic (exact) mass is 463 g/mol. The quantitative estimate of drug-likeness (QED) is 0.265. The number of hydrogen-bond donors (Lipinski definition) is 1. The Labute approximate surface area is 194 Å². The van der Waals surface area contributed by atoms with Gasteiger partial charge in [-0.3, -0.25) is 4.79 Å². The molecule has 0 radical (unpaired) electrons. The zero-order valence-electron chi connectivity index (χ0n) is 16.6. The lowest BCUT2D eigenvalue weighted by atomic mass is 10.1. The molecule has 158 valence electrons. The molecule has 7 heteroatoms. The summed E-state index contributed by atoms with van der Waals surface area (Å²) in [5.41, 5.74) is 2.46. The summed E-state index contributed by atoms with van der Waals surface area (Å²) >= 11 is 12.2. The number of fused-ring (bicyclic) bond motifs is 1. The fourth-order valence-corrected chi connectivity index (χ4v) is 3.73. The smallest absolute Gasteiger partial charge is 0.266 e. The predicted octanol–water partition coefficient (Wildman–Crippen LogP) is 6.68. The van der Waals surface area contributed by atoms with Gasteiger partial charge in [-0.1, -0.05) is 59.6 Å². The van der Waals surface area contributed by atoms with Crippen LogP contribution in [0.4, 0.5) is 10.1 Å². The summed E-state index contributed by atoms with van der Waals surface area (Å²) in [7, 11) is 0. The van der Waals surface area contributed by atoms with Crippen LogP contribution in [0, 0.1) is 17.1 Å². The Morgan fingerprint density at radius 2 is 1.81 bits per heavy atom. The summed E-state index contributed by atoms with van der Waals surface area (Å²) in [6.07, 6.45) is 3.37. The Morgan fingerprint density at radius 3 is 2.56 bits per heavy atom. The molecule has 1 amide bonds. The van der Waals surface area contributed by atoms with Gasteiger partial charge < -0.3 is 9.88 Å². The first-order chi connectivity index (χ1) is 15.5. The number of carbonyl (C=O) groups excluding carboxylic acids is 1. The zero-order valence-corrected chi connectivity index (χ0v) is 18.2. The number of halogens is 3. The number of rotatable bonds is 5. The van der Waals surface area contributed by atoms with Gasteiger partial charge in [0.1, 0.15) is 17.5 Å². The van der Waals surface area contributed by atoms with Gasteiger partial charge in [0.2, 0.25) is 0 Å². The van der Waals surface area contributed by atoms with Gasteiger partial charge in [-0.25, -0.2) is 4.39 Å². The van der Waals surface area contributed by atoms with Crippen LogP contribution in [0.1, 0.15) is 11.1 Å². The molecule has 0 saturated heterocycles. The lowest BCUT2D eigenvalue weighted by Crippen LogP contribution is -2.14. The molecule has 0 bridgehead atoms. The van der Waals surface area contributed by atoms with Crippen LogP contribution in [0.15, 0.2) is 78.5 Å². The maximum atomic E-state index is 13.9. The molecule has 0 spiro atoms. The van der Waals surface area contributed by atoms with Gasteiger partial charge in [-0.15, -0.1) is 0 Å². The number of aromatic nitrogens is 1. The molecule has 0 aliphatic rings. The average molecular weight is 464 g/mol. The van der Waals surface area contributed by atoms with Crippen LogP contribution in [0.3, 0.4) is 0 Å². The van der Waals surface area contributed by atoms with Gasteiger partial charge >= 0.3 is 0 Å². The maximum Gasteiger partial charge on any atom is 0.266 e. The SMILES string of the molecule is N#C/C(=C\c1cn(Cc2ccc(Cl)c(Cl)c2)c2ccccc12)C(=O)Nc1ccccc1F. The zero-order chi connectivity index (χ0) is 22.7. The van der Waals surface area contributed by atoms with Gasteiger partial charge in [0.25, 0.3) is 5.91 Å². The van der Waals surface area contributed by atoms with Crippen LogP contribution < -0.4 is 5.32 Å². The molecule has 0 atom stereocenters. The van der Waals surface area contributed by atoms with E-state index in [0.29, 0.717) is 22.2 Å².